The summed E-state index contributed by atoms with van der Waals surface area (Å²) in [4.78, 5) is 0. The summed E-state index contributed by atoms with van der Waals surface area (Å²) in [6, 6.07) is 0. The van der Waals surface area contributed by atoms with Crippen LogP contribution in [0.1, 0.15) is 112 Å². The molecule has 1 aliphatic rings. The predicted molar refractivity (Wildman–Crippen MR) is 106 cm³/mol. The Bertz CT molecular complexity index is 236. The summed E-state index contributed by atoms with van der Waals surface area (Å²) in [7, 11) is -1.28. The first-order valence-corrected chi connectivity index (χ1v) is 13.0. The van der Waals surface area contributed by atoms with Gasteiger partial charge in [0.15, 0.2) is 0 Å². The lowest BCUT2D eigenvalue weighted by atomic mass is 10.00. The molecule has 0 radical (unpaired) electrons. The van der Waals surface area contributed by atoms with E-state index >= 15 is 0 Å². The van der Waals surface area contributed by atoms with Gasteiger partial charge in [0.25, 0.3) is 0 Å². The van der Waals surface area contributed by atoms with E-state index in [0.717, 1.165) is 22.2 Å². The van der Waals surface area contributed by atoms with Crippen molar-refractivity contribution in [3.8, 4) is 0 Å². The lowest BCUT2D eigenvalue weighted by Crippen LogP contribution is -2.53. The van der Waals surface area contributed by atoms with E-state index in [2.05, 4.69) is 41.5 Å². The fraction of sp³-hybridized carbons (Fsp3) is 1.00. The van der Waals surface area contributed by atoms with Gasteiger partial charge >= 0.3 is 0 Å². The summed E-state index contributed by atoms with van der Waals surface area (Å²) in [6.07, 6.45) is 16.4. The molecule has 1 rings (SSSR count). The third-order valence-corrected chi connectivity index (χ3v) is 16.1. The maximum absolute atomic E-state index is 2.50. The molecule has 0 atom stereocenters. The second-order valence-corrected chi connectivity index (χ2v) is 13.1. The van der Waals surface area contributed by atoms with E-state index in [0.29, 0.717) is 0 Å². The number of hydrogen-bond donors (Lipinski definition) is 0. The molecule has 1 saturated carbocycles. The Balaban J connectivity index is 3.37. The van der Waals surface area contributed by atoms with Crippen LogP contribution in [-0.2, 0) is 0 Å². The van der Waals surface area contributed by atoms with Crippen LogP contribution < -0.4 is 0 Å². The SMILES string of the molecule is CCC(CC)[Si](C(CC)CC)(C(CC)CC)C1CCCCC1. The second-order valence-electron chi connectivity index (χ2n) is 7.88. The first-order chi connectivity index (χ1) is 10.7. The topological polar surface area (TPSA) is 0 Å². The van der Waals surface area contributed by atoms with Gasteiger partial charge in [-0.25, -0.2) is 0 Å². The molecule has 0 aromatic carbocycles. The highest BCUT2D eigenvalue weighted by molar-refractivity contribution is 6.85. The maximum Gasteiger partial charge on any atom is 0.0659 e. The molecule has 0 N–H and O–H groups in total. The van der Waals surface area contributed by atoms with Gasteiger partial charge in [-0.15, -0.1) is 0 Å². The Labute approximate surface area is 142 Å². The highest BCUT2D eigenvalue weighted by atomic mass is 28.3. The number of hydrogen-bond acceptors (Lipinski definition) is 0. The smallest absolute Gasteiger partial charge is 0.0654 e. The van der Waals surface area contributed by atoms with Gasteiger partial charge in [-0.3, -0.25) is 0 Å². The lowest BCUT2D eigenvalue weighted by Gasteiger charge is -2.55. The second kappa shape index (κ2) is 10.2. The van der Waals surface area contributed by atoms with Crippen molar-refractivity contribution in [2.24, 2.45) is 0 Å². The molecule has 1 heteroatoms. The highest BCUT2D eigenvalue weighted by Gasteiger charge is 2.53. The fourth-order valence-electron chi connectivity index (χ4n) is 6.59. The van der Waals surface area contributed by atoms with Gasteiger partial charge in [-0.2, -0.15) is 0 Å². The van der Waals surface area contributed by atoms with Crippen LogP contribution in [-0.4, -0.2) is 8.07 Å². The average Bonchev–Trinajstić information content (AvgIpc) is 2.58. The number of rotatable bonds is 10. The summed E-state index contributed by atoms with van der Waals surface area (Å²) in [6.45, 7) is 15.0. The summed E-state index contributed by atoms with van der Waals surface area (Å²) in [5.41, 5.74) is 4.36. The van der Waals surface area contributed by atoms with Crippen molar-refractivity contribution in [1.82, 2.24) is 0 Å². The zero-order valence-corrected chi connectivity index (χ0v) is 17.6. The molecule has 0 nitrogen and oxygen atoms in total. The van der Waals surface area contributed by atoms with E-state index in [1.165, 1.54) is 57.8 Å². The molecule has 0 amide bonds. The minimum absolute atomic E-state index is 1.07. The minimum atomic E-state index is -1.28. The van der Waals surface area contributed by atoms with Crippen molar-refractivity contribution in [3.05, 3.63) is 0 Å². The Hall–Kier alpha value is 0.217. The summed E-state index contributed by atoms with van der Waals surface area (Å²) < 4.78 is 0. The van der Waals surface area contributed by atoms with E-state index in [4.69, 9.17) is 0 Å². The van der Waals surface area contributed by atoms with Gasteiger partial charge in [0.2, 0.25) is 0 Å². The molecule has 0 heterocycles. The van der Waals surface area contributed by atoms with Crippen molar-refractivity contribution < 1.29 is 0 Å². The van der Waals surface area contributed by atoms with Crippen LogP contribution in [0.2, 0.25) is 22.2 Å². The summed E-state index contributed by atoms with van der Waals surface area (Å²) in [5, 5.41) is 0. The highest BCUT2D eigenvalue weighted by Crippen LogP contribution is 2.59. The molecule has 0 saturated heterocycles. The standard InChI is InChI=1S/C21H44Si/c1-7-18(8-2)22(19(9-3)10-4,20(11-5)12-6)21-16-14-13-15-17-21/h18-21H,7-17H2,1-6H3. The van der Waals surface area contributed by atoms with Gasteiger partial charge in [-0.1, -0.05) is 112 Å². The molecule has 0 aromatic heterocycles. The first-order valence-electron chi connectivity index (χ1n) is 10.7. The third kappa shape index (κ3) is 3.82. The lowest BCUT2D eigenvalue weighted by molar-refractivity contribution is 0.453. The van der Waals surface area contributed by atoms with Gasteiger partial charge < -0.3 is 0 Å². The van der Waals surface area contributed by atoms with Crippen LogP contribution in [0.3, 0.4) is 0 Å². The third-order valence-electron chi connectivity index (χ3n) is 7.39. The van der Waals surface area contributed by atoms with E-state index < -0.39 is 8.07 Å². The van der Waals surface area contributed by atoms with Gasteiger partial charge in [0.05, 0.1) is 8.07 Å². The molecule has 132 valence electrons. The molecule has 22 heavy (non-hydrogen) atoms. The average molecular weight is 325 g/mol. The zero-order chi connectivity index (χ0) is 16.6. The van der Waals surface area contributed by atoms with Crippen molar-refractivity contribution in [1.29, 1.82) is 0 Å². The molecule has 1 fully saturated rings. The molecule has 0 unspecified atom stereocenters. The van der Waals surface area contributed by atoms with Crippen molar-refractivity contribution in [2.75, 3.05) is 0 Å². The maximum atomic E-state index is 2.50. The molecule has 0 aromatic rings. The molecule has 1 aliphatic carbocycles. The van der Waals surface area contributed by atoms with E-state index in [1.807, 2.05) is 0 Å². The Morgan fingerprint density at radius 3 is 1.18 bits per heavy atom. The van der Waals surface area contributed by atoms with Crippen LogP contribution in [0.15, 0.2) is 0 Å². The van der Waals surface area contributed by atoms with Crippen LogP contribution >= 0.6 is 0 Å². The van der Waals surface area contributed by atoms with Crippen molar-refractivity contribution in [2.45, 2.75) is 134 Å². The molecular weight excluding hydrogens is 280 g/mol. The van der Waals surface area contributed by atoms with E-state index in [1.54, 1.807) is 12.8 Å². The van der Waals surface area contributed by atoms with E-state index in [-0.39, 0.29) is 0 Å². The Morgan fingerprint density at radius 2 is 0.909 bits per heavy atom. The van der Waals surface area contributed by atoms with Crippen LogP contribution in [0.5, 0.6) is 0 Å². The van der Waals surface area contributed by atoms with Crippen molar-refractivity contribution >= 4 is 8.07 Å². The first kappa shape index (κ1) is 20.3. The quantitative estimate of drug-likeness (QED) is 0.354. The monoisotopic (exact) mass is 324 g/mol. The largest absolute Gasteiger partial charge is 0.0659 e. The van der Waals surface area contributed by atoms with Gasteiger partial charge in [0.1, 0.15) is 0 Å². The van der Waals surface area contributed by atoms with Gasteiger partial charge in [0, 0.05) is 0 Å². The predicted octanol–water partition coefficient (Wildman–Crippen LogP) is 8.34. The molecule has 0 bridgehead atoms. The summed E-state index contributed by atoms with van der Waals surface area (Å²) in [5.74, 6) is 0. The normalized spacial score (nSPS) is 17.9. The molecular formula is C21H44Si. The van der Waals surface area contributed by atoms with Crippen LogP contribution in [0.4, 0.5) is 0 Å². The fourth-order valence-corrected chi connectivity index (χ4v) is 16.2. The Kier molecular flexibility index (Phi) is 9.36. The molecule has 0 spiro atoms. The molecule has 0 aliphatic heterocycles. The summed E-state index contributed by atoms with van der Waals surface area (Å²) >= 11 is 0. The van der Waals surface area contributed by atoms with E-state index in [9.17, 15) is 0 Å². The van der Waals surface area contributed by atoms with Crippen LogP contribution in [0.25, 0.3) is 0 Å². The van der Waals surface area contributed by atoms with Crippen LogP contribution in [0, 0.1) is 0 Å². The zero-order valence-electron chi connectivity index (χ0n) is 16.6. The Morgan fingerprint density at radius 1 is 0.591 bits per heavy atom. The van der Waals surface area contributed by atoms with Gasteiger partial charge in [-0.05, 0) is 22.2 Å². The van der Waals surface area contributed by atoms with Crippen molar-refractivity contribution in [3.63, 3.8) is 0 Å². The minimum Gasteiger partial charge on any atom is -0.0654 e.